The molecule has 8 N–H and O–H groups in total. The number of nitrogens with two attached hydrogens (primary N) is 1. The minimum atomic E-state index is -2.12. The average molecular weight is 868 g/mol. The van der Waals surface area contributed by atoms with E-state index >= 15 is 0 Å². The highest BCUT2D eigenvalue weighted by Gasteiger charge is 2.49. The number of fused-ring (bicyclic) bond motifs is 3. The second-order valence-corrected chi connectivity index (χ2v) is 15.8. The zero-order valence-electron chi connectivity index (χ0n) is 36.2. The molecule has 1 heterocycles. The molecule has 1 aliphatic heterocycles. The minimum absolute atomic E-state index is 0.00319. The zero-order chi connectivity index (χ0) is 45.5. The molecule has 1 amide bonds. The van der Waals surface area contributed by atoms with E-state index < -0.39 is 95.8 Å². The normalized spacial score (nSPS) is 24.0. The lowest BCUT2D eigenvalue weighted by molar-refractivity contribution is -0.245. The molecule has 338 valence electrons. The molecule has 0 saturated carbocycles. The van der Waals surface area contributed by atoms with E-state index in [1.165, 1.54) is 25.3 Å². The predicted octanol–water partition coefficient (Wildman–Crippen LogP) is 6.38. The molecule has 1 unspecified atom stereocenters. The van der Waals surface area contributed by atoms with Crippen molar-refractivity contribution < 1.29 is 54.1 Å². The van der Waals surface area contributed by atoms with Gasteiger partial charge in [-0.3, -0.25) is 14.4 Å². The Morgan fingerprint density at radius 2 is 1.49 bits per heavy atom. The fourth-order valence-corrected chi connectivity index (χ4v) is 7.94. The summed E-state index contributed by atoms with van der Waals surface area (Å²) in [4.78, 5) is 40.8. The molecular formula is C49H61N3O11. The van der Waals surface area contributed by atoms with Crippen LogP contribution < -0.4 is 15.9 Å². The molecule has 14 nitrogen and oxygen atoms in total. The second-order valence-electron chi connectivity index (χ2n) is 15.8. The highest BCUT2D eigenvalue weighted by molar-refractivity contribution is 6.31. The summed E-state index contributed by atoms with van der Waals surface area (Å²) < 4.78 is 17.5. The van der Waals surface area contributed by atoms with Gasteiger partial charge in [0.2, 0.25) is 11.7 Å². The minimum Gasteiger partial charge on any atom is -0.507 e. The molecule has 63 heavy (non-hydrogen) atoms. The van der Waals surface area contributed by atoms with Crippen LogP contribution in [0.5, 0.6) is 17.2 Å². The largest absolute Gasteiger partial charge is 0.507 e. The lowest BCUT2D eigenvalue weighted by atomic mass is 9.71. The Kier molecular flexibility index (Phi) is 17.9. The third-order valence-corrected chi connectivity index (χ3v) is 11.3. The Labute approximate surface area is 368 Å². The standard InChI is InChI=1S/C49H61N3O11/c1-4-5-6-7-8-9-10-11-12-13-14-15-16-17-18-19-20-21-22-26-38(54)52-51-37(30-53)49(60)28-33-41(36(29-49)63-39-27-34(50)44(55)31(2)62-39)48(59)43-42(46(33)57)45(56)32-24-23-25-35(61-3)40(32)47(43)58/h5-6,8-9,11-12,14-15,17-18,20-21,23-25,31,34,36,39,44,53,55,57,59-60H,4,7,10,13,16,19,22,26-30,50H2,1-3H3,(H,52,54)/b6-5+,9-8+,12-11+,15-14+,18-17+,21-20+,51-37+/t31-,34-,36-,39?,44+,49-/m0/s1. The van der Waals surface area contributed by atoms with E-state index in [9.17, 15) is 39.9 Å². The van der Waals surface area contributed by atoms with Gasteiger partial charge in [0, 0.05) is 48.4 Å². The molecule has 3 aliphatic rings. The number of hydrogen-bond acceptors (Lipinski definition) is 13. The molecule has 0 aromatic heterocycles. The number of aromatic hydroxyl groups is 2. The summed E-state index contributed by atoms with van der Waals surface area (Å²) in [5, 5.41) is 60.9. The number of carbonyl (C=O) groups excluding carboxylic acids is 3. The van der Waals surface area contributed by atoms with E-state index in [1.54, 1.807) is 6.92 Å². The number of ether oxygens (including phenoxy) is 3. The van der Waals surface area contributed by atoms with Crippen molar-refractivity contribution in [3.8, 4) is 17.2 Å². The fraction of sp³-hybridized carbons (Fsp3) is 0.429. The number of phenols is 2. The summed E-state index contributed by atoms with van der Waals surface area (Å²) in [7, 11) is 1.33. The molecule has 2 aliphatic carbocycles. The smallest absolute Gasteiger partial charge is 0.240 e. The van der Waals surface area contributed by atoms with Gasteiger partial charge < -0.3 is 45.5 Å². The van der Waals surface area contributed by atoms with Gasteiger partial charge in [-0.25, -0.2) is 5.43 Å². The van der Waals surface area contributed by atoms with Crippen LogP contribution in [0, 0.1) is 0 Å². The van der Waals surface area contributed by atoms with E-state index in [0.29, 0.717) is 12.8 Å². The van der Waals surface area contributed by atoms with Gasteiger partial charge in [-0.15, -0.1) is 0 Å². The van der Waals surface area contributed by atoms with Crippen LogP contribution in [0.25, 0.3) is 0 Å². The number of nitrogens with zero attached hydrogens (tertiary/aromatic N) is 1. The van der Waals surface area contributed by atoms with Gasteiger partial charge in [-0.1, -0.05) is 92.0 Å². The van der Waals surface area contributed by atoms with Crippen LogP contribution >= 0.6 is 0 Å². The maximum absolute atomic E-state index is 14.0. The van der Waals surface area contributed by atoms with Gasteiger partial charge in [0.25, 0.3) is 0 Å². The third kappa shape index (κ3) is 12.0. The van der Waals surface area contributed by atoms with Crippen LogP contribution in [-0.2, 0) is 20.7 Å². The summed E-state index contributed by atoms with van der Waals surface area (Å²) in [6.45, 7) is 2.89. The predicted molar refractivity (Wildman–Crippen MR) is 240 cm³/mol. The molecule has 1 fully saturated rings. The molecule has 2 aromatic carbocycles. The first-order chi connectivity index (χ1) is 30.4. The molecule has 0 spiro atoms. The average Bonchev–Trinajstić information content (AvgIpc) is 3.26. The van der Waals surface area contributed by atoms with Crippen molar-refractivity contribution in [3.05, 3.63) is 124 Å². The molecule has 1 saturated heterocycles. The van der Waals surface area contributed by atoms with Crippen molar-refractivity contribution in [2.75, 3.05) is 13.7 Å². The number of aliphatic hydroxyl groups is 3. The van der Waals surface area contributed by atoms with Crippen LogP contribution in [0.4, 0.5) is 0 Å². The quantitative estimate of drug-likeness (QED) is 0.0284. The van der Waals surface area contributed by atoms with E-state index in [4.69, 9.17) is 19.9 Å². The van der Waals surface area contributed by atoms with Gasteiger partial charge in [0.15, 0.2) is 12.1 Å². The first-order valence-corrected chi connectivity index (χ1v) is 21.6. The van der Waals surface area contributed by atoms with Crippen molar-refractivity contribution in [1.29, 1.82) is 0 Å². The first kappa shape index (κ1) is 48.6. The molecule has 0 bridgehead atoms. The summed E-state index contributed by atoms with van der Waals surface area (Å²) >= 11 is 0. The van der Waals surface area contributed by atoms with Gasteiger partial charge in [-0.05, 0) is 57.9 Å². The Morgan fingerprint density at radius 1 is 0.905 bits per heavy atom. The topological polar surface area (TPSA) is 230 Å². The third-order valence-electron chi connectivity index (χ3n) is 11.3. The van der Waals surface area contributed by atoms with E-state index in [1.807, 2.05) is 18.2 Å². The van der Waals surface area contributed by atoms with Crippen molar-refractivity contribution in [2.45, 2.75) is 121 Å². The number of benzene rings is 2. The Morgan fingerprint density at radius 3 is 2.06 bits per heavy atom. The molecule has 5 rings (SSSR count). The number of ketones is 2. The second kappa shape index (κ2) is 23.3. The SMILES string of the molecule is CC/C=C/C/C=C/C/C=C/C/C=C/C/C=C/C/C=C/CCC(=O)N/N=C(\CO)[C@]1(O)Cc2c(O)c3c(c(O)c2[C@@H](OC2C[C@H](N)[C@H](O)[C@H](C)O2)C1)C(=O)c1c(OC)cccc1C3=O. The molecule has 2 aromatic rings. The van der Waals surface area contributed by atoms with E-state index in [-0.39, 0.29) is 46.6 Å². The fourth-order valence-electron chi connectivity index (χ4n) is 7.94. The summed E-state index contributed by atoms with van der Waals surface area (Å²) in [6.07, 6.45) is 25.9. The first-order valence-electron chi connectivity index (χ1n) is 21.6. The van der Waals surface area contributed by atoms with Crippen molar-refractivity contribution in [3.63, 3.8) is 0 Å². The number of methoxy groups -OCH3 is 1. The van der Waals surface area contributed by atoms with Crippen LogP contribution in [0.15, 0.2) is 96.2 Å². The summed E-state index contributed by atoms with van der Waals surface area (Å²) in [5.74, 6) is -3.27. The van der Waals surface area contributed by atoms with Gasteiger partial charge >= 0.3 is 0 Å². The van der Waals surface area contributed by atoms with Crippen LogP contribution in [-0.4, -0.2) is 92.6 Å². The maximum atomic E-state index is 14.0. The van der Waals surface area contributed by atoms with Crippen molar-refractivity contribution in [1.82, 2.24) is 5.43 Å². The highest BCUT2D eigenvalue weighted by atomic mass is 16.7. The zero-order valence-corrected chi connectivity index (χ0v) is 36.2. The Bertz CT molecular complexity index is 2160. The van der Waals surface area contributed by atoms with E-state index in [2.05, 4.69) is 72.1 Å². The lowest BCUT2D eigenvalue weighted by Crippen LogP contribution is -2.53. The molecule has 0 radical (unpaired) electrons. The number of hydrogen-bond donors (Lipinski definition) is 7. The van der Waals surface area contributed by atoms with E-state index in [0.717, 1.165) is 32.1 Å². The Balaban J connectivity index is 1.24. The number of amides is 1. The number of nitrogens with one attached hydrogen (secondary N) is 1. The molecular weight excluding hydrogens is 807 g/mol. The number of hydrazone groups is 1. The van der Waals surface area contributed by atoms with Crippen molar-refractivity contribution in [2.24, 2.45) is 10.8 Å². The number of phenolic OH excluding ortho intramolecular Hbond substituents is 2. The number of rotatable bonds is 20. The van der Waals surface area contributed by atoms with Gasteiger partial charge in [0.1, 0.15) is 22.8 Å². The highest BCUT2D eigenvalue weighted by Crippen LogP contribution is 2.52. The summed E-state index contributed by atoms with van der Waals surface area (Å²) in [6, 6.07) is 3.66. The molecule has 14 heteroatoms. The van der Waals surface area contributed by atoms with Gasteiger partial charge in [-0.2, -0.15) is 5.10 Å². The number of aliphatic hydroxyl groups excluding tert-OH is 2. The number of carbonyl (C=O) groups is 3. The van der Waals surface area contributed by atoms with Crippen molar-refractivity contribution >= 4 is 23.2 Å². The Hall–Kier alpha value is -5.48. The summed E-state index contributed by atoms with van der Waals surface area (Å²) in [5.41, 5.74) is 4.83. The van der Waals surface area contributed by atoms with Crippen LogP contribution in [0.3, 0.4) is 0 Å². The monoisotopic (exact) mass is 867 g/mol. The lowest BCUT2D eigenvalue weighted by Gasteiger charge is -2.43. The molecule has 6 atom stereocenters. The maximum Gasteiger partial charge on any atom is 0.240 e. The van der Waals surface area contributed by atoms with Gasteiger partial charge in [0.05, 0.1) is 54.4 Å². The van der Waals surface area contributed by atoms with Crippen LogP contribution in [0.1, 0.15) is 127 Å². The van der Waals surface area contributed by atoms with Crippen LogP contribution in [0.2, 0.25) is 0 Å². The number of allylic oxidation sites excluding steroid dienone is 12.